The van der Waals surface area contributed by atoms with Crippen molar-refractivity contribution >= 4 is 12.2 Å². The van der Waals surface area contributed by atoms with Gasteiger partial charge in [0.1, 0.15) is 17.8 Å². The Hall–Kier alpha value is -1.63. The van der Waals surface area contributed by atoms with Crippen LogP contribution in [0.2, 0.25) is 0 Å². The van der Waals surface area contributed by atoms with Crippen molar-refractivity contribution in [1.82, 2.24) is 14.8 Å². The van der Waals surface area contributed by atoms with Gasteiger partial charge < -0.3 is 0 Å². The zero-order valence-electron chi connectivity index (χ0n) is 7.17. The third-order valence-electron chi connectivity index (χ3n) is 1.77. The Morgan fingerprint density at radius 1 is 1.20 bits per heavy atom. The number of rotatable bonds is 1. The highest BCUT2D eigenvalue weighted by Gasteiger charge is 2.13. The molecule has 0 saturated heterocycles. The second kappa shape index (κ2) is 3.50. The second-order valence-corrected chi connectivity index (χ2v) is 3.14. The van der Waals surface area contributed by atoms with Gasteiger partial charge in [-0.25, -0.2) is 13.2 Å². The Morgan fingerprint density at radius 2 is 1.80 bits per heavy atom. The van der Waals surface area contributed by atoms with Crippen LogP contribution in [0.3, 0.4) is 0 Å². The van der Waals surface area contributed by atoms with E-state index < -0.39 is 23.1 Å². The molecule has 1 heterocycles. The minimum Gasteiger partial charge on any atom is -0.269 e. The molecule has 1 aromatic carbocycles. The van der Waals surface area contributed by atoms with E-state index in [1.54, 1.807) is 0 Å². The Morgan fingerprint density at radius 3 is 2.27 bits per heavy atom. The van der Waals surface area contributed by atoms with E-state index in [-0.39, 0.29) is 4.77 Å². The molecule has 3 nitrogen and oxygen atoms in total. The lowest BCUT2D eigenvalue weighted by Crippen LogP contribution is -2.01. The number of halogens is 3. The summed E-state index contributed by atoms with van der Waals surface area (Å²) in [4.78, 5) is 0. The first kappa shape index (κ1) is 9.91. The molecule has 0 aliphatic heterocycles. The van der Waals surface area contributed by atoms with Crippen molar-refractivity contribution in [1.29, 1.82) is 0 Å². The summed E-state index contributed by atoms with van der Waals surface area (Å²) in [5.41, 5.74) is -0.449. The summed E-state index contributed by atoms with van der Waals surface area (Å²) in [5, 5.41) is 5.85. The van der Waals surface area contributed by atoms with Crippen LogP contribution in [0.15, 0.2) is 18.5 Å². The number of aromatic amines is 1. The topological polar surface area (TPSA) is 33.6 Å². The van der Waals surface area contributed by atoms with Gasteiger partial charge in [-0.1, -0.05) is 0 Å². The quantitative estimate of drug-likeness (QED) is 0.764. The molecule has 0 spiro atoms. The van der Waals surface area contributed by atoms with Crippen LogP contribution >= 0.6 is 12.2 Å². The maximum Gasteiger partial charge on any atom is 0.199 e. The third-order valence-corrected chi connectivity index (χ3v) is 2.06. The fraction of sp³-hybridized carbons (Fsp3) is 0. The predicted octanol–water partition coefficient (Wildman–Crippen LogP) is 2.35. The highest BCUT2D eigenvalue weighted by atomic mass is 32.1. The minimum absolute atomic E-state index is 0.0272. The van der Waals surface area contributed by atoms with Crippen LogP contribution in [-0.2, 0) is 0 Å². The first-order valence-corrected chi connectivity index (χ1v) is 4.27. The van der Waals surface area contributed by atoms with Crippen LogP contribution in [0.4, 0.5) is 13.2 Å². The molecule has 2 rings (SSSR count). The van der Waals surface area contributed by atoms with Gasteiger partial charge in [-0.3, -0.25) is 9.67 Å². The van der Waals surface area contributed by atoms with E-state index in [0.29, 0.717) is 12.1 Å². The van der Waals surface area contributed by atoms with E-state index in [1.165, 1.54) is 0 Å². The van der Waals surface area contributed by atoms with Gasteiger partial charge in [-0.2, -0.15) is 5.10 Å². The lowest BCUT2D eigenvalue weighted by molar-refractivity contribution is 0.533. The zero-order chi connectivity index (χ0) is 11.0. The maximum absolute atomic E-state index is 13.3. The number of H-pyrrole nitrogens is 1. The minimum atomic E-state index is -1.04. The number of hydrogen-bond donors (Lipinski definition) is 1. The first-order valence-electron chi connectivity index (χ1n) is 3.86. The molecule has 0 atom stereocenters. The summed E-state index contributed by atoms with van der Waals surface area (Å²) < 4.78 is 40.2. The van der Waals surface area contributed by atoms with Crippen molar-refractivity contribution in [2.24, 2.45) is 0 Å². The standard InChI is InChI=1S/C8H4F3N3S/c9-4-1-5(10)7(6(11)2-4)14-3-12-13-8(14)15/h1-3H,(H,13,15). The predicted molar refractivity (Wildman–Crippen MR) is 48.6 cm³/mol. The third kappa shape index (κ3) is 1.65. The average Bonchev–Trinajstić information content (AvgIpc) is 2.50. The molecule has 0 radical (unpaired) electrons. The molecule has 0 fully saturated rings. The molecular formula is C8H4F3N3S. The molecule has 0 aliphatic rings. The van der Waals surface area contributed by atoms with Crippen LogP contribution in [0.5, 0.6) is 0 Å². The lowest BCUT2D eigenvalue weighted by Gasteiger charge is -2.04. The SMILES string of the molecule is Fc1cc(F)c(-n2cn[nH]c2=S)c(F)c1. The molecule has 0 bridgehead atoms. The largest absolute Gasteiger partial charge is 0.269 e. The van der Waals surface area contributed by atoms with Crippen LogP contribution in [0.25, 0.3) is 5.69 Å². The van der Waals surface area contributed by atoms with Gasteiger partial charge in [0.05, 0.1) is 0 Å². The molecule has 0 saturated carbocycles. The fourth-order valence-electron chi connectivity index (χ4n) is 1.17. The average molecular weight is 231 g/mol. The van der Waals surface area contributed by atoms with E-state index in [0.717, 1.165) is 10.9 Å². The molecule has 0 amide bonds. The Balaban J connectivity index is 2.74. The summed E-state index contributed by atoms with van der Waals surface area (Å²) in [5.74, 6) is -3.06. The molecule has 0 unspecified atom stereocenters. The number of nitrogens with one attached hydrogen (secondary N) is 1. The van der Waals surface area contributed by atoms with E-state index in [2.05, 4.69) is 10.2 Å². The van der Waals surface area contributed by atoms with E-state index >= 15 is 0 Å². The van der Waals surface area contributed by atoms with Crippen LogP contribution in [-0.4, -0.2) is 14.8 Å². The monoisotopic (exact) mass is 231 g/mol. The van der Waals surface area contributed by atoms with E-state index in [4.69, 9.17) is 12.2 Å². The van der Waals surface area contributed by atoms with Gasteiger partial charge in [0.25, 0.3) is 0 Å². The van der Waals surface area contributed by atoms with Gasteiger partial charge in [-0.15, -0.1) is 0 Å². The number of nitrogens with zero attached hydrogens (tertiary/aromatic N) is 2. The summed E-state index contributed by atoms with van der Waals surface area (Å²) in [7, 11) is 0. The molecule has 7 heteroatoms. The summed E-state index contributed by atoms with van der Waals surface area (Å²) >= 11 is 4.74. The molecular weight excluding hydrogens is 227 g/mol. The Bertz CT molecular complexity index is 537. The van der Waals surface area contributed by atoms with Crippen molar-refractivity contribution in [3.8, 4) is 5.69 Å². The normalized spacial score (nSPS) is 10.6. The van der Waals surface area contributed by atoms with Crippen molar-refractivity contribution in [2.75, 3.05) is 0 Å². The van der Waals surface area contributed by atoms with Crippen molar-refractivity contribution in [3.63, 3.8) is 0 Å². The van der Waals surface area contributed by atoms with Crippen molar-refractivity contribution < 1.29 is 13.2 Å². The van der Waals surface area contributed by atoms with Crippen LogP contribution in [0.1, 0.15) is 0 Å². The van der Waals surface area contributed by atoms with Crippen LogP contribution < -0.4 is 0 Å². The van der Waals surface area contributed by atoms with Gasteiger partial charge >= 0.3 is 0 Å². The first-order chi connectivity index (χ1) is 7.09. The molecule has 78 valence electrons. The Labute approximate surface area is 87.2 Å². The van der Waals surface area contributed by atoms with E-state index in [1.807, 2.05) is 0 Å². The Kier molecular flexibility index (Phi) is 2.31. The maximum atomic E-state index is 13.3. The number of benzene rings is 1. The second-order valence-electron chi connectivity index (χ2n) is 2.75. The van der Waals surface area contributed by atoms with Crippen molar-refractivity contribution in [3.05, 3.63) is 40.7 Å². The molecule has 1 N–H and O–H groups in total. The van der Waals surface area contributed by atoms with Gasteiger partial charge in [0.15, 0.2) is 16.4 Å². The van der Waals surface area contributed by atoms with Gasteiger partial charge in [0, 0.05) is 12.1 Å². The van der Waals surface area contributed by atoms with E-state index in [9.17, 15) is 13.2 Å². The summed E-state index contributed by atoms with van der Waals surface area (Å²) in [6, 6.07) is 1.15. The summed E-state index contributed by atoms with van der Waals surface area (Å²) in [6.45, 7) is 0. The van der Waals surface area contributed by atoms with Gasteiger partial charge in [-0.05, 0) is 12.2 Å². The molecule has 15 heavy (non-hydrogen) atoms. The molecule has 2 aromatic rings. The van der Waals surface area contributed by atoms with Crippen molar-refractivity contribution in [2.45, 2.75) is 0 Å². The van der Waals surface area contributed by atoms with Crippen LogP contribution in [0, 0.1) is 22.2 Å². The van der Waals surface area contributed by atoms with Gasteiger partial charge in [0.2, 0.25) is 0 Å². The summed E-state index contributed by atoms with van der Waals surface area (Å²) in [6.07, 6.45) is 1.11. The highest BCUT2D eigenvalue weighted by molar-refractivity contribution is 7.71. The highest BCUT2D eigenvalue weighted by Crippen LogP contribution is 2.18. The molecule has 0 aliphatic carbocycles. The molecule has 1 aromatic heterocycles. The zero-order valence-corrected chi connectivity index (χ0v) is 7.99. The lowest BCUT2D eigenvalue weighted by atomic mass is 10.3. The fourth-order valence-corrected chi connectivity index (χ4v) is 1.36. The number of aromatic nitrogens is 3. The number of hydrogen-bond acceptors (Lipinski definition) is 2. The smallest absolute Gasteiger partial charge is 0.199 e.